The first-order valence-electron chi connectivity index (χ1n) is 7.14. The highest BCUT2D eigenvalue weighted by atomic mass is 16.5. The highest BCUT2D eigenvalue weighted by molar-refractivity contribution is 5.90. The summed E-state index contributed by atoms with van der Waals surface area (Å²) in [6.07, 6.45) is 1.92. The van der Waals surface area contributed by atoms with Gasteiger partial charge in [-0.25, -0.2) is 4.79 Å². The van der Waals surface area contributed by atoms with Crippen LogP contribution in [0.5, 0.6) is 0 Å². The number of nitrogens with one attached hydrogen (secondary N) is 2. The summed E-state index contributed by atoms with van der Waals surface area (Å²) in [5, 5.41) is 14.1. The zero-order valence-electron chi connectivity index (χ0n) is 13.1. The summed E-state index contributed by atoms with van der Waals surface area (Å²) < 4.78 is 4.70. The van der Waals surface area contributed by atoms with Crippen LogP contribution >= 0.6 is 0 Å². The van der Waals surface area contributed by atoms with Gasteiger partial charge in [0.05, 0.1) is 0 Å². The molecule has 0 rings (SSSR count). The quantitative estimate of drug-likeness (QED) is 0.546. The van der Waals surface area contributed by atoms with Crippen LogP contribution in [0.25, 0.3) is 0 Å². The molecule has 3 N–H and O–H groups in total. The first-order chi connectivity index (χ1) is 9.83. The molecule has 0 saturated heterocycles. The van der Waals surface area contributed by atoms with Crippen molar-refractivity contribution in [2.45, 2.75) is 52.1 Å². The molecular formula is C14H26N2O5. The van der Waals surface area contributed by atoms with Crippen LogP contribution in [-0.4, -0.2) is 48.7 Å². The van der Waals surface area contributed by atoms with Crippen LogP contribution in [0.4, 0.5) is 0 Å². The van der Waals surface area contributed by atoms with Crippen molar-refractivity contribution in [1.29, 1.82) is 0 Å². The SMILES string of the molecule is CCCC[C@H](NC(=O)[C@@H](NC(=O)COC)C(C)C)C(=O)O. The molecule has 0 fully saturated rings. The summed E-state index contributed by atoms with van der Waals surface area (Å²) in [6.45, 7) is 5.36. The van der Waals surface area contributed by atoms with Gasteiger partial charge in [-0.1, -0.05) is 33.6 Å². The Labute approximate surface area is 125 Å². The van der Waals surface area contributed by atoms with E-state index < -0.39 is 29.9 Å². The van der Waals surface area contributed by atoms with Gasteiger partial charge in [0.1, 0.15) is 18.7 Å². The van der Waals surface area contributed by atoms with Gasteiger partial charge < -0.3 is 20.5 Å². The van der Waals surface area contributed by atoms with Crippen molar-refractivity contribution in [2.75, 3.05) is 13.7 Å². The number of methoxy groups -OCH3 is 1. The topological polar surface area (TPSA) is 105 Å². The minimum Gasteiger partial charge on any atom is -0.480 e. The Balaban J connectivity index is 4.71. The summed E-state index contributed by atoms with van der Waals surface area (Å²) >= 11 is 0. The van der Waals surface area contributed by atoms with Crippen molar-refractivity contribution in [2.24, 2.45) is 5.92 Å². The number of hydrogen-bond donors (Lipinski definition) is 3. The minimum absolute atomic E-state index is 0.144. The molecule has 0 aliphatic carbocycles. The van der Waals surface area contributed by atoms with E-state index in [4.69, 9.17) is 9.84 Å². The number of aliphatic carboxylic acids is 1. The maximum atomic E-state index is 12.2. The predicted molar refractivity (Wildman–Crippen MR) is 77.7 cm³/mol. The van der Waals surface area contributed by atoms with Gasteiger partial charge in [0.2, 0.25) is 11.8 Å². The van der Waals surface area contributed by atoms with Crippen molar-refractivity contribution in [3.63, 3.8) is 0 Å². The molecule has 21 heavy (non-hydrogen) atoms. The van der Waals surface area contributed by atoms with Gasteiger partial charge in [-0.05, 0) is 12.3 Å². The van der Waals surface area contributed by atoms with Crippen molar-refractivity contribution >= 4 is 17.8 Å². The Kier molecular flexibility index (Phi) is 9.36. The average Bonchev–Trinajstić information content (AvgIpc) is 2.40. The van der Waals surface area contributed by atoms with Gasteiger partial charge in [0, 0.05) is 7.11 Å². The third-order valence-electron chi connectivity index (χ3n) is 3.00. The lowest BCUT2D eigenvalue weighted by Crippen LogP contribution is -2.54. The van der Waals surface area contributed by atoms with Gasteiger partial charge in [0.25, 0.3) is 0 Å². The van der Waals surface area contributed by atoms with E-state index in [-0.39, 0.29) is 12.5 Å². The molecule has 0 bridgehead atoms. The second kappa shape index (κ2) is 10.1. The minimum atomic E-state index is -1.07. The van der Waals surface area contributed by atoms with Crippen LogP contribution in [-0.2, 0) is 19.1 Å². The van der Waals surface area contributed by atoms with Gasteiger partial charge in [-0.15, -0.1) is 0 Å². The lowest BCUT2D eigenvalue weighted by molar-refractivity contribution is -0.142. The lowest BCUT2D eigenvalue weighted by Gasteiger charge is -2.24. The number of unbranched alkanes of at least 4 members (excludes halogenated alkanes) is 1. The van der Waals surface area contributed by atoms with Crippen molar-refractivity contribution in [3.05, 3.63) is 0 Å². The predicted octanol–water partition coefficient (Wildman–Crippen LogP) is 0.533. The fraction of sp³-hybridized carbons (Fsp3) is 0.786. The lowest BCUT2D eigenvalue weighted by atomic mass is 10.0. The van der Waals surface area contributed by atoms with Crippen molar-refractivity contribution < 1.29 is 24.2 Å². The Hall–Kier alpha value is -1.63. The Morgan fingerprint density at radius 2 is 1.81 bits per heavy atom. The maximum Gasteiger partial charge on any atom is 0.326 e. The first-order valence-corrected chi connectivity index (χ1v) is 7.14. The molecule has 0 aromatic rings. The average molecular weight is 302 g/mol. The van der Waals surface area contributed by atoms with Crippen molar-refractivity contribution in [3.8, 4) is 0 Å². The highest BCUT2D eigenvalue weighted by Crippen LogP contribution is 2.05. The Morgan fingerprint density at radius 3 is 2.24 bits per heavy atom. The zero-order valence-corrected chi connectivity index (χ0v) is 13.1. The highest BCUT2D eigenvalue weighted by Gasteiger charge is 2.28. The smallest absolute Gasteiger partial charge is 0.326 e. The van der Waals surface area contributed by atoms with E-state index >= 15 is 0 Å². The largest absolute Gasteiger partial charge is 0.480 e. The number of carbonyl (C=O) groups excluding carboxylic acids is 2. The molecule has 122 valence electrons. The Bertz CT molecular complexity index is 357. The molecule has 0 saturated carbocycles. The van der Waals surface area contributed by atoms with Crippen LogP contribution in [0, 0.1) is 5.92 Å². The van der Waals surface area contributed by atoms with Crippen molar-refractivity contribution in [1.82, 2.24) is 10.6 Å². The molecule has 0 spiro atoms. The van der Waals surface area contributed by atoms with Crippen LogP contribution in [0.15, 0.2) is 0 Å². The van der Waals surface area contributed by atoms with E-state index in [0.29, 0.717) is 12.8 Å². The van der Waals surface area contributed by atoms with E-state index in [1.807, 2.05) is 6.92 Å². The number of carboxylic acid groups (broad SMARTS) is 1. The number of ether oxygens (including phenoxy) is 1. The van der Waals surface area contributed by atoms with Crippen LogP contribution in [0.3, 0.4) is 0 Å². The van der Waals surface area contributed by atoms with Crippen LogP contribution in [0.1, 0.15) is 40.0 Å². The van der Waals surface area contributed by atoms with E-state index in [2.05, 4.69) is 10.6 Å². The number of rotatable bonds is 10. The van der Waals surface area contributed by atoms with Gasteiger partial charge in [-0.3, -0.25) is 9.59 Å². The zero-order chi connectivity index (χ0) is 16.4. The molecular weight excluding hydrogens is 276 g/mol. The van der Waals surface area contributed by atoms with Gasteiger partial charge >= 0.3 is 5.97 Å². The summed E-state index contributed by atoms with van der Waals surface area (Å²) in [5.41, 5.74) is 0. The number of amides is 2. The monoisotopic (exact) mass is 302 g/mol. The van der Waals surface area contributed by atoms with Crippen LogP contribution in [0.2, 0.25) is 0 Å². The molecule has 0 radical (unpaired) electrons. The summed E-state index contributed by atoms with van der Waals surface area (Å²) in [4.78, 5) is 34.8. The fourth-order valence-corrected chi connectivity index (χ4v) is 1.81. The van der Waals surface area contributed by atoms with E-state index in [0.717, 1.165) is 6.42 Å². The molecule has 0 aliphatic rings. The first kappa shape index (κ1) is 19.4. The molecule has 0 unspecified atom stereocenters. The summed E-state index contributed by atoms with van der Waals surface area (Å²) in [7, 11) is 1.38. The number of carboxylic acids is 1. The molecule has 7 heteroatoms. The number of hydrogen-bond acceptors (Lipinski definition) is 4. The molecule has 2 amide bonds. The van der Waals surface area contributed by atoms with Gasteiger partial charge in [0.15, 0.2) is 0 Å². The van der Waals surface area contributed by atoms with E-state index in [1.54, 1.807) is 13.8 Å². The second-order valence-electron chi connectivity index (χ2n) is 5.26. The van der Waals surface area contributed by atoms with Crippen LogP contribution < -0.4 is 10.6 Å². The number of carbonyl (C=O) groups is 3. The van der Waals surface area contributed by atoms with E-state index in [9.17, 15) is 14.4 Å². The molecule has 2 atom stereocenters. The summed E-state index contributed by atoms with van der Waals surface area (Å²) in [5.74, 6) is -2.13. The van der Waals surface area contributed by atoms with E-state index in [1.165, 1.54) is 7.11 Å². The summed E-state index contributed by atoms with van der Waals surface area (Å²) in [6, 6.07) is -1.71. The second-order valence-corrected chi connectivity index (χ2v) is 5.26. The fourth-order valence-electron chi connectivity index (χ4n) is 1.81. The van der Waals surface area contributed by atoms with Gasteiger partial charge in [-0.2, -0.15) is 0 Å². The normalized spacial score (nSPS) is 13.6. The molecule has 0 heterocycles. The Morgan fingerprint density at radius 1 is 1.19 bits per heavy atom. The molecule has 0 aromatic carbocycles. The molecule has 0 aliphatic heterocycles. The molecule has 0 aromatic heterocycles. The standard InChI is InChI=1S/C14H26N2O5/c1-5-6-7-10(14(19)20)15-13(18)12(9(2)3)16-11(17)8-21-4/h9-10,12H,5-8H2,1-4H3,(H,15,18)(H,16,17)(H,19,20)/t10-,12-/m0/s1. The third kappa shape index (κ3) is 7.65. The molecule has 7 nitrogen and oxygen atoms in total. The third-order valence-corrected chi connectivity index (χ3v) is 3.00. The maximum absolute atomic E-state index is 12.2.